The molecule has 1 fully saturated rings. The highest BCUT2D eigenvalue weighted by Gasteiger charge is 2.56. The maximum atomic E-state index is 13.9. The molecule has 1 aromatic heterocycles. The van der Waals surface area contributed by atoms with Gasteiger partial charge in [0.25, 0.3) is 0 Å². The molecule has 0 spiro atoms. The zero-order valence-electron chi connectivity index (χ0n) is 21.4. The summed E-state index contributed by atoms with van der Waals surface area (Å²) in [7, 11) is 5.42. The lowest BCUT2D eigenvalue weighted by atomic mass is 9.83. The van der Waals surface area contributed by atoms with Crippen LogP contribution in [0.2, 0.25) is 0 Å². The van der Waals surface area contributed by atoms with Gasteiger partial charge >= 0.3 is 10.8 Å². The van der Waals surface area contributed by atoms with Gasteiger partial charge in [-0.3, -0.25) is 23.7 Å². The Bertz CT molecular complexity index is 1440. The molecule has 0 saturated carbocycles. The molecule has 2 aromatic carbocycles. The van der Waals surface area contributed by atoms with Gasteiger partial charge in [0, 0.05) is 30.6 Å². The third-order valence-electron chi connectivity index (χ3n) is 6.74. The molecule has 11 heteroatoms. The predicted molar refractivity (Wildman–Crippen MR) is 146 cm³/mol. The molecule has 3 atom stereocenters. The molecule has 0 aliphatic carbocycles. The van der Waals surface area contributed by atoms with E-state index in [-0.39, 0.29) is 29.8 Å². The molecule has 9 nitrogen and oxygen atoms in total. The lowest BCUT2D eigenvalue weighted by molar-refractivity contribution is -0.144. The van der Waals surface area contributed by atoms with Crippen molar-refractivity contribution in [2.24, 2.45) is 5.92 Å². The lowest BCUT2D eigenvalue weighted by Crippen LogP contribution is -2.32. The van der Waals surface area contributed by atoms with Crippen molar-refractivity contribution < 1.29 is 23.9 Å². The first-order chi connectivity index (χ1) is 18.2. The quantitative estimate of drug-likeness (QED) is 0.325. The molecule has 0 radical (unpaired) electrons. The minimum absolute atomic E-state index is 0.197. The fourth-order valence-electron chi connectivity index (χ4n) is 4.92. The van der Waals surface area contributed by atoms with Crippen LogP contribution in [0.3, 0.4) is 0 Å². The smallest absolute Gasteiger partial charge is 0.326 e. The Morgan fingerprint density at radius 3 is 2.29 bits per heavy atom. The highest BCUT2D eigenvalue weighted by atomic mass is 32.2. The predicted octanol–water partition coefficient (Wildman–Crippen LogP) is 3.34. The van der Waals surface area contributed by atoms with Gasteiger partial charge in [-0.2, -0.15) is 0 Å². The van der Waals surface area contributed by atoms with Gasteiger partial charge in [0.1, 0.15) is 17.5 Å². The number of esters is 1. The average Bonchev–Trinajstić information content (AvgIpc) is 3.35. The van der Waals surface area contributed by atoms with Crippen LogP contribution in [0.15, 0.2) is 58.4 Å². The highest BCUT2D eigenvalue weighted by molar-refractivity contribution is 8.00. The van der Waals surface area contributed by atoms with Crippen LogP contribution < -0.4 is 19.4 Å². The summed E-state index contributed by atoms with van der Waals surface area (Å²) in [6.07, 6.45) is 0. The molecule has 198 valence electrons. The van der Waals surface area contributed by atoms with Crippen molar-refractivity contribution in [3.63, 3.8) is 0 Å². The van der Waals surface area contributed by atoms with Gasteiger partial charge < -0.3 is 14.4 Å². The van der Waals surface area contributed by atoms with E-state index in [1.54, 1.807) is 38.3 Å². The molecular weight excluding hydrogens is 526 g/mol. The Morgan fingerprint density at radius 2 is 1.68 bits per heavy atom. The zero-order valence-corrected chi connectivity index (χ0v) is 23.0. The number of ether oxygens (including phenoxy) is 2. The van der Waals surface area contributed by atoms with E-state index < -0.39 is 23.1 Å². The molecule has 2 aliphatic heterocycles. The molecule has 2 aliphatic rings. The molecular formula is C27H27N3O6S2. The van der Waals surface area contributed by atoms with Crippen molar-refractivity contribution >= 4 is 52.3 Å². The van der Waals surface area contributed by atoms with Crippen molar-refractivity contribution in [3.05, 3.63) is 68.6 Å². The molecule has 38 heavy (non-hydrogen) atoms. The van der Waals surface area contributed by atoms with E-state index in [9.17, 15) is 19.2 Å². The van der Waals surface area contributed by atoms with E-state index in [0.717, 1.165) is 22.6 Å². The number of rotatable bonds is 7. The normalized spacial score (nSPS) is 20.2. The summed E-state index contributed by atoms with van der Waals surface area (Å²) in [5, 5.41) is -0.216. The molecule has 0 bridgehead atoms. The highest BCUT2D eigenvalue weighted by Crippen LogP contribution is 2.54. The third kappa shape index (κ3) is 4.39. The molecule has 1 saturated heterocycles. The number of methoxy groups -OCH3 is 1. The second-order valence-electron chi connectivity index (χ2n) is 9.17. The van der Waals surface area contributed by atoms with Crippen molar-refractivity contribution in [2.75, 3.05) is 37.6 Å². The van der Waals surface area contributed by atoms with Crippen molar-refractivity contribution in [1.29, 1.82) is 0 Å². The first kappa shape index (κ1) is 26.1. The average molecular weight is 554 g/mol. The maximum absolute atomic E-state index is 13.9. The van der Waals surface area contributed by atoms with Gasteiger partial charge in [-0.1, -0.05) is 35.2 Å². The number of carbonyl (C=O) groups excluding carboxylic acids is 3. The lowest BCUT2D eigenvalue weighted by Gasteiger charge is -2.31. The second kappa shape index (κ2) is 10.3. The van der Waals surface area contributed by atoms with E-state index in [1.807, 2.05) is 43.3 Å². The van der Waals surface area contributed by atoms with Crippen molar-refractivity contribution in [1.82, 2.24) is 4.57 Å². The standard InChI is InChI=1S/C27H27N3O6S2/c1-5-36-19(31)14-29-26-23(38-27(29)34)20(15-6-8-16(9-7-15)28(2)3)21-22(37-26)25(33)30(24(21)32)17-10-12-18(35-4)13-11-17/h6-13,20-22H,5,14H2,1-4H3/t20-,21-,22+/m0/s1. The molecule has 0 N–H and O–H groups in total. The van der Waals surface area contributed by atoms with Crippen LogP contribution in [0.25, 0.3) is 0 Å². The summed E-state index contributed by atoms with van der Waals surface area (Å²) < 4.78 is 11.7. The van der Waals surface area contributed by atoms with Crippen molar-refractivity contribution in [3.8, 4) is 5.75 Å². The fraction of sp³-hybridized carbons (Fsp3) is 0.333. The Balaban J connectivity index is 1.62. The van der Waals surface area contributed by atoms with Gasteiger partial charge in [-0.25, -0.2) is 4.90 Å². The molecule has 3 aromatic rings. The van der Waals surface area contributed by atoms with E-state index in [0.29, 0.717) is 21.3 Å². The Morgan fingerprint density at radius 1 is 1.00 bits per heavy atom. The number of hydrogen-bond acceptors (Lipinski definition) is 9. The Kier molecular flexibility index (Phi) is 7.06. The summed E-state index contributed by atoms with van der Waals surface area (Å²) in [6.45, 7) is 1.65. The van der Waals surface area contributed by atoms with Crippen LogP contribution in [-0.4, -0.2) is 55.4 Å². The number of imide groups is 1. The number of thioether (sulfide) groups is 1. The van der Waals surface area contributed by atoms with Crippen LogP contribution in [0.5, 0.6) is 5.75 Å². The number of nitrogens with zero attached hydrogens (tertiary/aromatic N) is 3. The summed E-state index contributed by atoms with van der Waals surface area (Å²) >= 11 is 2.19. The monoisotopic (exact) mass is 553 g/mol. The third-order valence-corrected chi connectivity index (χ3v) is 9.34. The van der Waals surface area contributed by atoms with Gasteiger partial charge in [0.2, 0.25) is 11.8 Å². The number of fused-ring (bicyclic) bond motifs is 2. The van der Waals surface area contributed by atoms with Crippen LogP contribution in [0.1, 0.15) is 23.3 Å². The molecule has 2 amide bonds. The maximum Gasteiger partial charge on any atom is 0.326 e. The largest absolute Gasteiger partial charge is 0.497 e. The summed E-state index contributed by atoms with van der Waals surface area (Å²) in [4.78, 5) is 56.6. The van der Waals surface area contributed by atoms with Crippen LogP contribution >= 0.6 is 23.1 Å². The first-order valence-corrected chi connectivity index (χ1v) is 13.8. The van der Waals surface area contributed by atoms with E-state index >= 15 is 0 Å². The first-order valence-electron chi connectivity index (χ1n) is 12.1. The van der Waals surface area contributed by atoms with E-state index in [4.69, 9.17) is 9.47 Å². The minimum atomic E-state index is -0.752. The number of benzene rings is 2. The van der Waals surface area contributed by atoms with Crippen molar-refractivity contribution in [2.45, 2.75) is 29.7 Å². The number of thiazole rings is 1. The van der Waals surface area contributed by atoms with Gasteiger partial charge in [-0.15, -0.1) is 0 Å². The topological polar surface area (TPSA) is 98.2 Å². The van der Waals surface area contributed by atoms with Gasteiger partial charge in [0.05, 0.1) is 30.3 Å². The van der Waals surface area contributed by atoms with E-state index in [2.05, 4.69) is 0 Å². The van der Waals surface area contributed by atoms with Gasteiger partial charge in [-0.05, 0) is 48.9 Å². The number of aromatic nitrogens is 1. The SMILES string of the molecule is CCOC(=O)Cn1c2c(sc1=O)[C@@H](c1ccc(N(C)C)cc1)[C@@H]1C(=O)N(c3ccc(OC)cc3)C(=O)[C@@H]1S2. The van der Waals surface area contributed by atoms with Crippen LogP contribution in [-0.2, 0) is 25.7 Å². The van der Waals surface area contributed by atoms with Crippen LogP contribution in [0.4, 0.5) is 11.4 Å². The molecule has 0 unspecified atom stereocenters. The van der Waals surface area contributed by atoms with E-state index in [1.165, 1.54) is 21.2 Å². The number of anilines is 2. The molecule has 3 heterocycles. The Labute approximate surface area is 227 Å². The number of amides is 2. The fourth-order valence-corrected chi connectivity index (χ4v) is 7.69. The second-order valence-corrected chi connectivity index (χ2v) is 11.3. The minimum Gasteiger partial charge on any atom is -0.497 e. The van der Waals surface area contributed by atoms with Gasteiger partial charge in [0.15, 0.2) is 0 Å². The summed E-state index contributed by atoms with van der Waals surface area (Å²) in [6, 6.07) is 14.6. The molecule has 5 rings (SSSR count). The number of carbonyl (C=O) groups is 3. The zero-order chi connectivity index (χ0) is 27.1. The summed E-state index contributed by atoms with van der Waals surface area (Å²) in [5.74, 6) is -1.81. The number of hydrogen-bond donors (Lipinski definition) is 0. The Hall–Kier alpha value is -3.57. The van der Waals surface area contributed by atoms with Crippen LogP contribution in [0, 0.1) is 5.92 Å². The summed E-state index contributed by atoms with van der Waals surface area (Å²) in [5.41, 5.74) is 2.27.